The summed E-state index contributed by atoms with van der Waals surface area (Å²) in [6.07, 6.45) is 14.3. The third kappa shape index (κ3) is 3.80. The van der Waals surface area contributed by atoms with Crippen molar-refractivity contribution in [1.82, 2.24) is 9.97 Å². The molecule has 0 radical (unpaired) electrons. The van der Waals surface area contributed by atoms with Crippen LogP contribution in [0.4, 0.5) is 0 Å². The van der Waals surface area contributed by atoms with Crippen molar-refractivity contribution in [3.05, 3.63) is 94.6 Å². The maximum Gasteiger partial charge on any atom is 0.129 e. The highest BCUT2D eigenvalue weighted by molar-refractivity contribution is 5.56. The standard InChI is InChI=1S/C24H12N2/c1-3-19-11-7-17-25-23(19)15-13-21-9-5-6-10-22(21)14-16-24-20(4-2)12-8-18-26-24/h1-2,5-12,17-18H. The van der Waals surface area contributed by atoms with Gasteiger partial charge in [-0.3, -0.25) is 0 Å². The van der Waals surface area contributed by atoms with Gasteiger partial charge >= 0.3 is 0 Å². The summed E-state index contributed by atoms with van der Waals surface area (Å²) in [6.45, 7) is 0. The van der Waals surface area contributed by atoms with Gasteiger partial charge in [-0.05, 0) is 48.2 Å². The van der Waals surface area contributed by atoms with Crippen molar-refractivity contribution in [2.24, 2.45) is 0 Å². The first kappa shape index (κ1) is 16.6. The molecule has 0 unspecified atom stereocenters. The smallest absolute Gasteiger partial charge is 0.129 e. The number of hydrogen-bond acceptors (Lipinski definition) is 2. The van der Waals surface area contributed by atoms with Crippen LogP contribution in [0.3, 0.4) is 0 Å². The Morgan fingerprint density at radius 3 is 1.38 bits per heavy atom. The molecular weight excluding hydrogens is 316 g/mol. The third-order valence-corrected chi connectivity index (χ3v) is 3.48. The first-order chi connectivity index (χ1) is 12.8. The molecule has 0 aliphatic carbocycles. The lowest BCUT2D eigenvalue weighted by molar-refractivity contribution is 1.27. The molecule has 0 saturated carbocycles. The predicted molar refractivity (Wildman–Crippen MR) is 103 cm³/mol. The normalized spacial score (nSPS) is 8.85. The van der Waals surface area contributed by atoms with Crippen molar-refractivity contribution in [3.63, 3.8) is 0 Å². The van der Waals surface area contributed by atoms with Crippen LogP contribution in [-0.2, 0) is 0 Å². The van der Waals surface area contributed by atoms with Gasteiger partial charge in [0.1, 0.15) is 11.4 Å². The Bertz CT molecular complexity index is 1070. The first-order valence-electron chi connectivity index (χ1n) is 7.78. The van der Waals surface area contributed by atoms with Crippen molar-refractivity contribution in [3.8, 4) is 48.4 Å². The van der Waals surface area contributed by atoms with Crippen LogP contribution in [0.15, 0.2) is 60.9 Å². The second-order valence-electron chi connectivity index (χ2n) is 5.13. The largest absolute Gasteiger partial charge is 0.246 e. The molecule has 2 heteroatoms. The minimum absolute atomic E-state index is 0.567. The van der Waals surface area contributed by atoms with Gasteiger partial charge in [0.05, 0.1) is 11.1 Å². The van der Waals surface area contributed by atoms with Gasteiger partial charge < -0.3 is 0 Å². The lowest BCUT2D eigenvalue weighted by Gasteiger charge is -1.97. The molecule has 0 spiro atoms. The van der Waals surface area contributed by atoms with Crippen LogP contribution in [0.5, 0.6) is 0 Å². The maximum absolute atomic E-state index is 5.49. The van der Waals surface area contributed by atoms with E-state index < -0.39 is 0 Å². The molecular formula is C24H12N2. The fourth-order valence-corrected chi connectivity index (χ4v) is 2.20. The SMILES string of the molecule is C#Cc1cccnc1C#Cc1ccccc1C#Cc1ncccc1C#C. The molecule has 1 aromatic carbocycles. The summed E-state index contributed by atoms with van der Waals surface area (Å²) in [6, 6.07) is 14.8. The second kappa shape index (κ2) is 8.04. The Labute approximate surface area is 153 Å². The lowest BCUT2D eigenvalue weighted by atomic mass is 10.1. The Morgan fingerprint density at radius 2 is 0.962 bits per heavy atom. The molecule has 118 valence electrons. The summed E-state index contributed by atoms with van der Waals surface area (Å²) in [5, 5.41) is 0. The zero-order chi connectivity index (χ0) is 18.2. The summed E-state index contributed by atoms with van der Waals surface area (Å²) >= 11 is 0. The van der Waals surface area contributed by atoms with Gasteiger partial charge in [-0.2, -0.15) is 0 Å². The molecule has 2 nitrogen and oxygen atoms in total. The number of benzene rings is 1. The van der Waals surface area contributed by atoms with E-state index in [9.17, 15) is 0 Å². The monoisotopic (exact) mass is 328 g/mol. The van der Waals surface area contributed by atoms with E-state index in [1.54, 1.807) is 24.5 Å². The van der Waals surface area contributed by atoms with Crippen LogP contribution in [0, 0.1) is 48.4 Å². The van der Waals surface area contributed by atoms with Crippen LogP contribution >= 0.6 is 0 Å². The topological polar surface area (TPSA) is 25.8 Å². The van der Waals surface area contributed by atoms with Gasteiger partial charge in [-0.25, -0.2) is 9.97 Å². The molecule has 3 aromatic rings. The van der Waals surface area contributed by atoms with Crippen LogP contribution in [0.2, 0.25) is 0 Å². The lowest BCUT2D eigenvalue weighted by Crippen LogP contribution is -1.89. The van der Waals surface area contributed by atoms with Crippen LogP contribution < -0.4 is 0 Å². The second-order valence-corrected chi connectivity index (χ2v) is 5.13. The van der Waals surface area contributed by atoms with Gasteiger partial charge in [-0.15, -0.1) is 12.8 Å². The predicted octanol–water partition coefficient (Wildman–Crippen LogP) is 3.24. The average molecular weight is 328 g/mol. The molecule has 0 atom stereocenters. The van der Waals surface area contributed by atoms with Crippen molar-refractivity contribution < 1.29 is 0 Å². The highest BCUT2D eigenvalue weighted by atomic mass is 14.7. The number of hydrogen-bond donors (Lipinski definition) is 0. The number of terminal acetylenes is 2. The molecule has 0 bridgehead atoms. The Morgan fingerprint density at radius 1 is 0.538 bits per heavy atom. The molecule has 2 heterocycles. The van der Waals surface area contributed by atoms with Crippen molar-refractivity contribution in [2.45, 2.75) is 0 Å². The summed E-state index contributed by atoms with van der Waals surface area (Å²) in [7, 11) is 0. The van der Waals surface area contributed by atoms with Crippen molar-refractivity contribution in [1.29, 1.82) is 0 Å². The molecule has 0 aliphatic rings. The fraction of sp³-hybridized carbons (Fsp3) is 0. The molecule has 0 N–H and O–H groups in total. The minimum Gasteiger partial charge on any atom is -0.246 e. The molecule has 3 rings (SSSR count). The molecule has 0 saturated heterocycles. The van der Waals surface area contributed by atoms with Gasteiger partial charge in [0, 0.05) is 23.5 Å². The van der Waals surface area contributed by atoms with E-state index in [1.807, 2.05) is 36.4 Å². The summed E-state index contributed by atoms with van der Waals surface area (Å²) in [5.41, 5.74) is 4.03. The summed E-state index contributed by atoms with van der Waals surface area (Å²) in [4.78, 5) is 8.45. The third-order valence-electron chi connectivity index (χ3n) is 3.48. The zero-order valence-corrected chi connectivity index (χ0v) is 13.8. The van der Waals surface area contributed by atoms with Gasteiger partial charge in [0.2, 0.25) is 0 Å². The average Bonchev–Trinajstić information content (AvgIpc) is 2.71. The van der Waals surface area contributed by atoms with E-state index in [2.05, 4.69) is 45.5 Å². The van der Waals surface area contributed by atoms with Crippen molar-refractivity contribution in [2.75, 3.05) is 0 Å². The van der Waals surface area contributed by atoms with E-state index in [4.69, 9.17) is 12.8 Å². The number of nitrogens with zero attached hydrogens (tertiary/aromatic N) is 2. The van der Waals surface area contributed by atoms with Crippen molar-refractivity contribution >= 4 is 0 Å². The summed E-state index contributed by atoms with van der Waals surface area (Å²) in [5.74, 6) is 17.4. The van der Waals surface area contributed by atoms with Crippen LogP contribution in [0.1, 0.15) is 33.6 Å². The summed E-state index contributed by atoms with van der Waals surface area (Å²) < 4.78 is 0. The number of pyridine rings is 2. The highest BCUT2D eigenvalue weighted by Crippen LogP contribution is 2.08. The quantitative estimate of drug-likeness (QED) is 0.592. The number of rotatable bonds is 0. The highest BCUT2D eigenvalue weighted by Gasteiger charge is 1.99. The Balaban J connectivity index is 2.00. The van der Waals surface area contributed by atoms with E-state index in [1.165, 1.54) is 0 Å². The maximum atomic E-state index is 5.49. The van der Waals surface area contributed by atoms with E-state index in [0.29, 0.717) is 22.5 Å². The van der Waals surface area contributed by atoms with Gasteiger partial charge in [-0.1, -0.05) is 35.8 Å². The number of aromatic nitrogens is 2. The molecule has 26 heavy (non-hydrogen) atoms. The van der Waals surface area contributed by atoms with Gasteiger partial charge in [0.25, 0.3) is 0 Å². The van der Waals surface area contributed by atoms with Gasteiger partial charge in [0.15, 0.2) is 0 Å². The van der Waals surface area contributed by atoms with E-state index in [-0.39, 0.29) is 0 Å². The molecule has 0 aliphatic heterocycles. The van der Waals surface area contributed by atoms with E-state index in [0.717, 1.165) is 11.1 Å². The minimum atomic E-state index is 0.567. The van der Waals surface area contributed by atoms with Crippen LogP contribution in [0.25, 0.3) is 0 Å². The van der Waals surface area contributed by atoms with E-state index >= 15 is 0 Å². The molecule has 0 amide bonds. The van der Waals surface area contributed by atoms with Crippen LogP contribution in [-0.4, -0.2) is 9.97 Å². The molecule has 2 aromatic heterocycles. The Hall–Kier alpha value is -4.24. The zero-order valence-electron chi connectivity index (χ0n) is 13.8. The fourth-order valence-electron chi connectivity index (χ4n) is 2.20. The molecule has 0 fully saturated rings. The first-order valence-corrected chi connectivity index (χ1v) is 7.78. The Kier molecular flexibility index (Phi) is 5.13.